The van der Waals surface area contributed by atoms with Crippen LogP contribution in [0.3, 0.4) is 0 Å². The van der Waals surface area contributed by atoms with Crippen molar-refractivity contribution in [2.45, 2.75) is 39.2 Å². The number of hydrogen-bond donors (Lipinski definition) is 1. The fourth-order valence-corrected chi connectivity index (χ4v) is 2.86. The fraction of sp³-hybridized carbons (Fsp3) is 0.562. The minimum absolute atomic E-state index is 0.139. The van der Waals surface area contributed by atoms with Gasteiger partial charge in [0.15, 0.2) is 11.5 Å². The smallest absolute Gasteiger partial charge is 0.226 e. The summed E-state index contributed by atoms with van der Waals surface area (Å²) >= 11 is 0. The molecule has 2 rings (SSSR count). The molecular weight excluding hydrogens is 254 g/mol. The summed E-state index contributed by atoms with van der Waals surface area (Å²) in [5.74, 6) is 1.51. The maximum absolute atomic E-state index is 12.3. The van der Waals surface area contributed by atoms with Crippen LogP contribution in [0.25, 0.3) is 0 Å². The number of para-hydroxylation sites is 1. The molecule has 1 aromatic rings. The highest BCUT2D eigenvalue weighted by Gasteiger charge is 2.35. The van der Waals surface area contributed by atoms with Crippen LogP contribution in [-0.2, 0) is 11.3 Å². The monoisotopic (exact) mass is 277 g/mol. The van der Waals surface area contributed by atoms with Gasteiger partial charge in [0, 0.05) is 17.5 Å². The third-order valence-corrected chi connectivity index (χ3v) is 4.18. The number of nitrogens with one attached hydrogen (secondary N) is 1. The lowest BCUT2D eigenvalue weighted by molar-refractivity contribution is -0.130. The Morgan fingerprint density at radius 2 is 1.95 bits per heavy atom. The van der Waals surface area contributed by atoms with Gasteiger partial charge in [-0.2, -0.15) is 0 Å². The third-order valence-electron chi connectivity index (χ3n) is 4.18. The molecular formula is C16H23NO3. The van der Waals surface area contributed by atoms with Crippen LogP contribution in [0.1, 0.15) is 38.2 Å². The van der Waals surface area contributed by atoms with E-state index >= 15 is 0 Å². The number of amides is 1. The van der Waals surface area contributed by atoms with Gasteiger partial charge in [-0.15, -0.1) is 0 Å². The van der Waals surface area contributed by atoms with Gasteiger partial charge in [-0.1, -0.05) is 31.9 Å². The highest BCUT2D eigenvalue weighted by Crippen LogP contribution is 2.38. The van der Waals surface area contributed by atoms with Crippen LogP contribution in [0.5, 0.6) is 11.5 Å². The zero-order chi connectivity index (χ0) is 14.6. The predicted octanol–water partition coefficient (Wildman–Crippen LogP) is 2.90. The van der Waals surface area contributed by atoms with Crippen LogP contribution in [0.4, 0.5) is 0 Å². The molecule has 0 heterocycles. The Kier molecular flexibility index (Phi) is 4.53. The molecule has 1 amide bonds. The van der Waals surface area contributed by atoms with Gasteiger partial charge in [-0.3, -0.25) is 4.79 Å². The van der Waals surface area contributed by atoms with E-state index in [1.165, 1.54) is 0 Å². The molecule has 0 saturated heterocycles. The van der Waals surface area contributed by atoms with Crippen molar-refractivity contribution in [1.29, 1.82) is 0 Å². The van der Waals surface area contributed by atoms with E-state index in [-0.39, 0.29) is 11.3 Å². The van der Waals surface area contributed by atoms with E-state index in [4.69, 9.17) is 9.47 Å². The summed E-state index contributed by atoms with van der Waals surface area (Å²) in [6.07, 6.45) is 4.25. The Morgan fingerprint density at radius 1 is 1.25 bits per heavy atom. The molecule has 1 fully saturated rings. The van der Waals surface area contributed by atoms with Gasteiger partial charge in [0.2, 0.25) is 5.91 Å². The Morgan fingerprint density at radius 3 is 2.55 bits per heavy atom. The first-order valence-corrected chi connectivity index (χ1v) is 7.09. The average molecular weight is 277 g/mol. The molecule has 4 heteroatoms. The number of carbonyl (C=O) groups is 1. The number of methoxy groups -OCH3 is 2. The minimum atomic E-state index is -0.202. The SMILES string of the molecule is COc1cccc(CNC(=O)C2(C)CCCC2)c1OC. The molecule has 20 heavy (non-hydrogen) atoms. The normalized spacial score (nSPS) is 16.8. The van der Waals surface area contributed by atoms with E-state index < -0.39 is 0 Å². The fourth-order valence-electron chi connectivity index (χ4n) is 2.86. The van der Waals surface area contributed by atoms with Crippen molar-refractivity contribution in [3.05, 3.63) is 23.8 Å². The maximum Gasteiger partial charge on any atom is 0.226 e. The molecule has 1 aromatic carbocycles. The molecule has 0 radical (unpaired) electrons. The van der Waals surface area contributed by atoms with Gasteiger partial charge < -0.3 is 14.8 Å². The largest absolute Gasteiger partial charge is 0.493 e. The number of hydrogen-bond acceptors (Lipinski definition) is 3. The molecule has 1 N–H and O–H groups in total. The molecule has 0 bridgehead atoms. The van der Waals surface area contributed by atoms with Crippen LogP contribution in [0.2, 0.25) is 0 Å². The second-order valence-corrected chi connectivity index (χ2v) is 5.60. The van der Waals surface area contributed by atoms with Crippen molar-refractivity contribution in [2.75, 3.05) is 14.2 Å². The van der Waals surface area contributed by atoms with Crippen molar-refractivity contribution >= 4 is 5.91 Å². The Labute approximate surface area is 120 Å². The van der Waals surface area contributed by atoms with E-state index in [2.05, 4.69) is 12.2 Å². The van der Waals surface area contributed by atoms with E-state index in [1.807, 2.05) is 18.2 Å². The molecule has 110 valence electrons. The summed E-state index contributed by atoms with van der Waals surface area (Å²) in [7, 11) is 3.22. The van der Waals surface area contributed by atoms with E-state index in [0.29, 0.717) is 18.0 Å². The van der Waals surface area contributed by atoms with E-state index in [9.17, 15) is 4.79 Å². The van der Waals surface area contributed by atoms with Crippen molar-refractivity contribution in [3.63, 3.8) is 0 Å². The van der Waals surface area contributed by atoms with E-state index in [0.717, 1.165) is 31.2 Å². The van der Waals surface area contributed by atoms with Gasteiger partial charge in [-0.05, 0) is 18.9 Å². The first-order chi connectivity index (χ1) is 9.60. The Bertz CT molecular complexity index is 479. The molecule has 0 spiro atoms. The molecule has 1 aliphatic carbocycles. The third kappa shape index (κ3) is 2.89. The zero-order valence-corrected chi connectivity index (χ0v) is 12.5. The lowest BCUT2D eigenvalue weighted by Gasteiger charge is -2.22. The molecule has 4 nitrogen and oxygen atoms in total. The number of benzene rings is 1. The molecule has 0 atom stereocenters. The molecule has 0 aliphatic heterocycles. The number of carbonyl (C=O) groups excluding carboxylic acids is 1. The van der Waals surface area contributed by atoms with Gasteiger partial charge >= 0.3 is 0 Å². The van der Waals surface area contributed by atoms with Gasteiger partial charge in [-0.25, -0.2) is 0 Å². The van der Waals surface area contributed by atoms with Crippen molar-refractivity contribution in [2.24, 2.45) is 5.41 Å². The van der Waals surface area contributed by atoms with Gasteiger partial charge in [0.25, 0.3) is 0 Å². The first kappa shape index (κ1) is 14.7. The minimum Gasteiger partial charge on any atom is -0.493 e. The van der Waals surface area contributed by atoms with Crippen LogP contribution in [0.15, 0.2) is 18.2 Å². The molecule has 0 unspecified atom stereocenters. The second kappa shape index (κ2) is 6.16. The summed E-state index contributed by atoms with van der Waals surface area (Å²) in [5, 5.41) is 3.03. The number of ether oxygens (including phenoxy) is 2. The van der Waals surface area contributed by atoms with Crippen LogP contribution in [-0.4, -0.2) is 20.1 Å². The van der Waals surface area contributed by atoms with E-state index in [1.54, 1.807) is 14.2 Å². The van der Waals surface area contributed by atoms with Crippen molar-refractivity contribution in [1.82, 2.24) is 5.32 Å². The van der Waals surface area contributed by atoms with Crippen LogP contribution in [0, 0.1) is 5.41 Å². The summed E-state index contributed by atoms with van der Waals surface area (Å²) < 4.78 is 10.6. The average Bonchev–Trinajstić information content (AvgIpc) is 2.92. The highest BCUT2D eigenvalue weighted by atomic mass is 16.5. The summed E-state index contributed by atoms with van der Waals surface area (Å²) in [5.41, 5.74) is 0.730. The summed E-state index contributed by atoms with van der Waals surface area (Å²) in [4.78, 5) is 12.3. The highest BCUT2D eigenvalue weighted by molar-refractivity contribution is 5.82. The lowest BCUT2D eigenvalue weighted by atomic mass is 9.88. The van der Waals surface area contributed by atoms with Crippen LogP contribution >= 0.6 is 0 Å². The zero-order valence-electron chi connectivity index (χ0n) is 12.5. The predicted molar refractivity (Wildman–Crippen MR) is 78.0 cm³/mol. The van der Waals surface area contributed by atoms with Crippen molar-refractivity contribution in [3.8, 4) is 11.5 Å². The van der Waals surface area contributed by atoms with Gasteiger partial charge in [0.1, 0.15) is 0 Å². The maximum atomic E-state index is 12.3. The standard InChI is InChI=1S/C16H23NO3/c1-16(9-4-5-10-16)15(18)17-11-12-7-6-8-13(19-2)14(12)20-3/h6-8H,4-5,9-11H2,1-3H3,(H,17,18). The first-order valence-electron chi connectivity index (χ1n) is 7.09. The molecule has 1 aliphatic rings. The summed E-state index contributed by atoms with van der Waals surface area (Å²) in [6, 6.07) is 5.70. The quantitative estimate of drug-likeness (QED) is 0.900. The van der Waals surface area contributed by atoms with Crippen LogP contribution < -0.4 is 14.8 Å². The van der Waals surface area contributed by atoms with Gasteiger partial charge in [0.05, 0.1) is 14.2 Å². The second-order valence-electron chi connectivity index (χ2n) is 5.60. The van der Waals surface area contributed by atoms with Crippen molar-refractivity contribution < 1.29 is 14.3 Å². The topological polar surface area (TPSA) is 47.6 Å². The summed E-state index contributed by atoms with van der Waals surface area (Å²) in [6.45, 7) is 2.52. The molecule has 1 saturated carbocycles. The molecule has 0 aromatic heterocycles. The number of rotatable bonds is 5. The Balaban J connectivity index is 2.05. The Hall–Kier alpha value is -1.71. The lowest BCUT2D eigenvalue weighted by Crippen LogP contribution is -2.36.